The van der Waals surface area contributed by atoms with E-state index in [1.807, 2.05) is 24.3 Å². The molecule has 1 aromatic heterocycles. The first-order valence-corrected chi connectivity index (χ1v) is 7.15. The summed E-state index contributed by atoms with van der Waals surface area (Å²) in [5.74, 6) is 1.45. The summed E-state index contributed by atoms with van der Waals surface area (Å²) in [6.45, 7) is 0.563. The molecule has 0 saturated heterocycles. The van der Waals surface area contributed by atoms with Crippen LogP contribution >= 0.6 is 23.8 Å². The molecule has 0 aliphatic rings. The van der Waals surface area contributed by atoms with Crippen LogP contribution in [-0.2, 0) is 6.54 Å². The van der Waals surface area contributed by atoms with E-state index in [0.29, 0.717) is 17.5 Å². The van der Waals surface area contributed by atoms with Crippen molar-refractivity contribution in [3.8, 4) is 11.6 Å². The number of hydrogen-bond acceptors (Lipinski definition) is 5. The van der Waals surface area contributed by atoms with Crippen molar-refractivity contribution < 1.29 is 9.47 Å². The fourth-order valence-electron chi connectivity index (χ4n) is 1.63. The van der Waals surface area contributed by atoms with Gasteiger partial charge in [0, 0.05) is 12.6 Å². The highest BCUT2D eigenvalue weighted by Crippen LogP contribution is 2.15. The quantitative estimate of drug-likeness (QED) is 0.641. The standard InChI is InChI=1S/C14H15ClN4O2S/c1-20-10-5-3-9(4-6-10)8-16-14(22)19-13-17-11(15)7-12(18-13)21-2/h3-7H,8H2,1-2H3,(H2,16,17,18,19,22). The van der Waals surface area contributed by atoms with E-state index < -0.39 is 0 Å². The number of nitrogens with zero attached hydrogens (tertiary/aromatic N) is 2. The molecular formula is C14H15ClN4O2S. The Hall–Kier alpha value is -2.12. The van der Waals surface area contributed by atoms with Crippen molar-refractivity contribution >= 4 is 34.9 Å². The van der Waals surface area contributed by atoms with Gasteiger partial charge in [0.15, 0.2) is 5.11 Å². The molecule has 0 unspecified atom stereocenters. The lowest BCUT2D eigenvalue weighted by Gasteiger charge is -2.10. The van der Waals surface area contributed by atoms with Gasteiger partial charge in [-0.25, -0.2) is 4.98 Å². The Kier molecular flexibility index (Phi) is 5.74. The Morgan fingerprint density at radius 3 is 2.55 bits per heavy atom. The molecule has 0 spiro atoms. The van der Waals surface area contributed by atoms with E-state index in [9.17, 15) is 0 Å². The van der Waals surface area contributed by atoms with Crippen molar-refractivity contribution in [2.45, 2.75) is 6.54 Å². The van der Waals surface area contributed by atoms with Crippen molar-refractivity contribution in [2.24, 2.45) is 0 Å². The van der Waals surface area contributed by atoms with E-state index in [1.165, 1.54) is 13.2 Å². The minimum absolute atomic E-state index is 0.271. The third kappa shape index (κ3) is 4.71. The van der Waals surface area contributed by atoms with Crippen molar-refractivity contribution in [3.63, 3.8) is 0 Å². The van der Waals surface area contributed by atoms with Crippen molar-refractivity contribution in [1.82, 2.24) is 15.3 Å². The third-order valence-corrected chi connectivity index (χ3v) is 3.16. The number of methoxy groups -OCH3 is 2. The van der Waals surface area contributed by atoms with Crippen LogP contribution < -0.4 is 20.1 Å². The molecule has 22 heavy (non-hydrogen) atoms. The first-order valence-electron chi connectivity index (χ1n) is 6.37. The predicted molar refractivity (Wildman–Crippen MR) is 89.6 cm³/mol. The zero-order valence-electron chi connectivity index (χ0n) is 12.1. The van der Waals surface area contributed by atoms with Crippen LogP contribution in [0.1, 0.15) is 5.56 Å². The summed E-state index contributed by atoms with van der Waals surface area (Å²) < 4.78 is 10.1. The topological polar surface area (TPSA) is 68.3 Å². The van der Waals surface area contributed by atoms with Crippen LogP contribution in [0.2, 0.25) is 5.15 Å². The van der Waals surface area contributed by atoms with Crippen LogP contribution in [0.4, 0.5) is 5.95 Å². The van der Waals surface area contributed by atoms with Gasteiger partial charge in [0.2, 0.25) is 11.8 Å². The van der Waals surface area contributed by atoms with Gasteiger partial charge >= 0.3 is 0 Å². The number of halogens is 1. The maximum atomic E-state index is 5.87. The minimum Gasteiger partial charge on any atom is -0.497 e. The second kappa shape index (κ2) is 7.77. The molecule has 0 fully saturated rings. The van der Waals surface area contributed by atoms with E-state index in [0.717, 1.165) is 11.3 Å². The predicted octanol–water partition coefficient (Wildman–Crippen LogP) is 2.63. The molecule has 0 aliphatic heterocycles. The largest absolute Gasteiger partial charge is 0.497 e. The van der Waals surface area contributed by atoms with Crippen LogP contribution in [-0.4, -0.2) is 29.3 Å². The molecule has 0 atom stereocenters. The zero-order chi connectivity index (χ0) is 15.9. The lowest BCUT2D eigenvalue weighted by Crippen LogP contribution is -2.28. The number of rotatable bonds is 5. The number of aromatic nitrogens is 2. The fraction of sp³-hybridized carbons (Fsp3) is 0.214. The van der Waals surface area contributed by atoms with Gasteiger partial charge < -0.3 is 20.1 Å². The second-order valence-electron chi connectivity index (χ2n) is 4.21. The number of anilines is 1. The van der Waals surface area contributed by atoms with Crippen molar-refractivity contribution in [3.05, 3.63) is 41.0 Å². The molecule has 0 aliphatic carbocycles. The molecule has 1 aromatic carbocycles. The van der Waals surface area contributed by atoms with E-state index in [-0.39, 0.29) is 11.1 Å². The van der Waals surface area contributed by atoms with Crippen LogP contribution in [0, 0.1) is 0 Å². The molecule has 0 amide bonds. The zero-order valence-corrected chi connectivity index (χ0v) is 13.7. The van der Waals surface area contributed by atoms with Gasteiger partial charge in [-0.05, 0) is 29.9 Å². The van der Waals surface area contributed by atoms with E-state index >= 15 is 0 Å². The highest BCUT2D eigenvalue weighted by Gasteiger charge is 2.05. The van der Waals surface area contributed by atoms with E-state index in [4.69, 9.17) is 33.3 Å². The molecule has 1 heterocycles. The Morgan fingerprint density at radius 2 is 1.91 bits per heavy atom. The molecule has 6 nitrogen and oxygen atoms in total. The number of hydrogen-bond donors (Lipinski definition) is 2. The maximum absolute atomic E-state index is 5.87. The van der Waals surface area contributed by atoms with Gasteiger partial charge in [-0.3, -0.25) is 0 Å². The Labute approximate surface area is 138 Å². The molecule has 2 aromatic rings. The maximum Gasteiger partial charge on any atom is 0.233 e. The van der Waals surface area contributed by atoms with Gasteiger partial charge in [-0.2, -0.15) is 4.98 Å². The summed E-state index contributed by atoms with van der Waals surface area (Å²) >= 11 is 11.1. The molecule has 0 bridgehead atoms. The Morgan fingerprint density at radius 1 is 1.18 bits per heavy atom. The lowest BCUT2D eigenvalue weighted by molar-refractivity contribution is 0.397. The van der Waals surface area contributed by atoms with Crippen LogP contribution in [0.25, 0.3) is 0 Å². The van der Waals surface area contributed by atoms with Crippen molar-refractivity contribution in [1.29, 1.82) is 0 Å². The van der Waals surface area contributed by atoms with Gasteiger partial charge in [0.1, 0.15) is 10.9 Å². The summed E-state index contributed by atoms with van der Waals surface area (Å²) in [7, 11) is 3.13. The molecule has 0 radical (unpaired) electrons. The molecule has 0 saturated carbocycles. The van der Waals surface area contributed by atoms with Gasteiger partial charge in [-0.1, -0.05) is 23.7 Å². The van der Waals surface area contributed by atoms with Crippen LogP contribution in [0.15, 0.2) is 30.3 Å². The molecular weight excluding hydrogens is 324 g/mol. The average molecular weight is 339 g/mol. The molecule has 2 rings (SSSR count). The SMILES string of the molecule is COc1ccc(CNC(=S)Nc2nc(Cl)cc(OC)n2)cc1. The highest BCUT2D eigenvalue weighted by molar-refractivity contribution is 7.80. The van der Waals surface area contributed by atoms with Gasteiger partial charge in [0.05, 0.1) is 14.2 Å². The first-order chi connectivity index (χ1) is 10.6. The number of benzene rings is 1. The molecule has 8 heteroatoms. The third-order valence-electron chi connectivity index (χ3n) is 2.72. The second-order valence-corrected chi connectivity index (χ2v) is 5.01. The van der Waals surface area contributed by atoms with E-state index in [1.54, 1.807) is 7.11 Å². The number of ether oxygens (including phenoxy) is 2. The van der Waals surface area contributed by atoms with Gasteiger partial charge in [0.25, 0.3) is 0 Å². The lowest BCUT2D eigenvalue weighted by atomic mass is 10.2. The summed E-state index contributed by atoms with van der Waals surface area (Å²) in [5, 5.41) is 6.58. The Bertz CT molecular complexity index is 652. The van der Waals surface area contributed by atoms with Crippen molar-refractivity contribution in [2.75, 3.05) is 19.5 Å². The van der Waals surface area contributed by atoms with Gasteiger partial charge in [-0.15, -0.1) is 0 Å². The number of thiocarbonyl (C=S) groups is 1. The molecule has 116 valence electrons. The monoisotopic (exact) mass is 338 g/mol. The normalized spacial score (nSPS) is 9.95. The summed E-state index contributed by atoms with van der Waals surface area (Å²) in [6, 6.07) is 9.19. The van der Waals surface area contributed by atoms with E-state index in [2.05, 4.69) is 20.6 Å². The Balaban J connectivity index is 1.91. The summed E-state index contributed by atoms with van der Waals surface area (Å²) in [6.07, 6.45) is 0. The summed E-state index contributed by atoms with van der Waals surface area (Å²) in [5.41, 5.74) is 1.06. The number of nitrogens with one attached hydrogen (secondary N) is 2. The molecule has 2 N–H and O–H groups in total. The fourth-order valence-corrected chi connectivity index (χ4v) is 1.97. The minimum atomic E-state index is 0.271. The first kappa shape index (κ1) is 16.3. The summed E-state index contributed by atoms with van der Waals surface area (Å²) in [4.78, 5) is 8.12. The van der Waals surface area contributed by atoms with Crippen LogP contribution in [0.3, 0.4) is 0 Å². The highest BCUT2D eigenvalue weighted by atomic mass is 35.5. The average Bonchev–Trinajstić information content (AvgIpc) is 2.52. The van der Waals surface area contributed by atoms with Crippen LogP contribution in [0.5, 0.6) is 11.6 Å². The smallest absolute Gasteiger partial charge is 0.233 e.